The Morgan fingerprint density at radius 1 is 0.244 bits per heavy atom. The highest BCUT2D eigenvalue weighted by atomic mass is 16.3. The van der Waals surface area contributed by atoms with Crippen LogP contribution in [0, 0.1) is 0 Å². The first-order valence-electron chi connectivity index (χ1n) is 28.7. The van der Waals surface area contributed by atoms with E-state index < -0.39 is 0 Å². The lowest BCUT2D eigenvalue weighted by atomic mass is 9.34. The van der Waals surface area contributed by atoms with Crippen molar-refractivity contribution in [3.05, 3.63) is 249 Å². The van der Waals surface area contributed by atoms with E-state index in [0.717, 1.165) is 27.5 Å². The molecule has 19 aromatic rings. The van der Waals surface area contributed by atoms with Gasteiger partial charge in [0.1, 0.15) is 11.2 Å². The molecule has 3 nitrogen and oxygen atoms in total. The first-order chi connectivity index (χ1) is 40.7. The molecule has 16 aromatic carbocycles. The van der Waals surface area contributed by atoms with E-state index in [2.05, 4.69) is 258 Å². The Balaban J connectivity index is 1.00. The van der Waals surface area contributed by atoms with Gasteiger partial charge in [0.05, 0.1) is 16.6 Å². The highest BCUT2D eigenvalue weighted by molar-refractivity contribution is 7.00. The number of rotatable bonds is 1. The fraction of sp³-hybridized carbons (Fsp3) is 0. The van der Waals surface area contributed by atoms with Crippen LogP contribution in [0.2, 0.25) is 0 Å². The minimum Gasteiger partial charge on any atom is -0.456 e. The third-order valence-electron chi connectivity index (χ3n) is 19.6. The second kappa shape index (κ2) is 14.8. The van der Waals surface area contributed by atoms with Crippen LogP contribution >= 0.6 is 0 Å². The summed E-state index contributed by atoms with van der Waals surface area (Å²) in [4.78, 5) is 0. The van der Waals surface area contributed by atoms with Crippen LogP contribution in [0.4, 0.5) is 0 Å². The zero-order valence-electron chi connectivity index (χ0n) is 44.1. The van der Waals surface area contributed by atoms with E-state index in [1.54, 1.807) is 0 Å². The largest absolute Gasteiger partial charge is 0.456 e. The molecule has 0 spiro atoms. The Labute approximate surface area is 467 Å². The van der Waals surface area contributed by atoms with Gasteiger partial charge in [-0.3, -0.25) is 0 Å². The lowest BCUT2D eigenvalue weighted by Crippen LogP contribution is -2.59. The third-order valence-corrected chi connectivity index (χ3v) is 19.6. The van der Waals surface area contributed by atoms with E-state index in [9.17, 15) is 0 Å². The topological polar surface area (TPSA) is 23.0 Å². The van der Waals surface area contributed by atoms with Crippen LogP contribution in [-0.2, 0) is 0 Å². The van der Waals surface area contributed by atoms with Crippen molar-refractivity contribution in [3.63, 3.8) is 0 Å². The van der Waals surface area contributed by atoms with Gasteiger partial charge in [-0.05, 0) is 151 Å². The molecule has 21 rings (SSSR count). The van der Waals surface area contributed by atoms with Gasteiger partial charge in [0.2, 0.25) is 0 Å². The Hall–Kier alpha value is -10.7. The molecule has 0 bridgehead atoms. The highest BCUT2D eigenvalue weighted by Crippen LogP contribution is 2.51. The molecule has 0 atom stereocenters. The van der Waals surface area contributed by atoms with Crippen molar-refractivity contribution < 1.29 is 4.42 Å². The molecule has 0 N–H and O–H groups in total. The number of hydrogen-bond acceptors (Lipinski definition) is 1. The minimum absolute atomic E-state index is 0.123. The van der Waals surface area contributed by atoms with E-state index in [1.807, 2.05) is 0 Å². The first kappa shape index (κ1) is 42.3. The van der Waals surface area contributed by atoms with Crippen molar-refractivity contribution in [2.75, 3.05) is 0 Å². The molecular weight excluding hydrogens is 992 g/mol. The van der Waals surface area contributed by atoms with E-state index >= 15 is 0 Å². The van der Waals surface area contributed by atoms with Gasteiger partial charge < -0.3 is 13.6 Å². The zero-order chi connectivity index (χ0) is 52.8. The summed E-state index contributed by atoms with van der Waals surface area (Å²) in [6, 6.07) is 94.5. The summed E-state index contributed by atoms with van der Waals surface area (Å²) >= 11 is 0. The fourth-order valence-corrected chi connectivity index (χ4v) is 16.5. The van der Waals surface area contributed by atoms with Crippen LogP contribution in [0.5, 0.6) is 0 Å². The van der Waals surface area contributed by atoms with Crippen molar-refractivity contribution in [2.24, 2.45) is 0 Å². The standard InChI is InChI=1S/C78H41BN2O/c1-4-22-50-44(16-1)47-19-7-10-26-55(47)70-58(50)36-37-65-73(70)74-71-56-27-11-8-20-48(56)46-18-3-6-24-52(46)61(71)41-64-78(74)80(65)66-29-15-30-67-75(66)79(64)63-39-43(42-32-33-54-53-25-13-14-31-68(53)82-69(54)40-42)38-62-60-35-34-59-51-23-5-2-17-45(51)49-21-9-12-28-57(49)72(59)77(60)81(67)76(62)63/h1-41H. The van der Waals surface area contributed by atoms with Crippen LogP contribution < -0.4 is 16.4 Å². The maximum absolute atomic E-state index is 6.67. The lowest BCUT2D eigenvalue weighted by Gasteiger charge is -2.34. The number of benzene rings is 16. The first-order valence-corrected chi connectivity index (χ1v) is 28.7. The number of fused-ring (bicyclic) bond motifs is 34. The summed E-state index contributed by atoms with van der Waals surface area (Å²) in [6.07, 6.45) is 0. The smallest absolute Gasteiger partial charge is 0.252 e. The quantitative estimate of drug-likeness (QED) is 0.119. The molecule has 0 saturated heterocycles. The van der Waals surface area contributed by atoms with Crippen LogP contribution in [0.25, 0.3) is 185 Å². The predicted octanol–water partition coefficient (Wildman–Crippen LogP) is 19.0. The van der Waals surface area contributed by atoms with Crippen molar-refractivity contribution in [3.8, 4) is 22.5 Å². The maximum Gasteiger partial charge on any atom is 0.252 e. The minimum atomic E-state index is -0.123. The molecule has 5 heterocycles. The Morgan fingerprint density at radius 3 is 1.33 bits per heavy atom. The SMILES string of the molecule is c1cc2c3c(c1)-n1c4c(cc(-c5ccc6c(c5)oc5ccccc56)cc4c4ccc5c6ccccc6c6ccccc6c5c41)B3c1cc3c4ccccc4c4ccccc4c3c3c4c5c6ccccc6c6ccccc6c5ccc4n-2c13. The number of hydrogen-bond donors (Lipinski definition) is 0. The second-order valence-electron chi connectivity index (χ2n) is 23.2. The lowest BCUT2D eigenvalue weighted by molar-refractivity contribution is 0.669. The van der Waals surface area contributed by atoms with E-state index in [4.69, 9.17) is 4.42 Å². The van der Waals surface area contributed by atoms with E-state index in [-0.39, 0.29) is 6.71 Å². The van der Waals surface area contributed by atoms with Crippen molar-refractivity contribution in [1.29, 1.82) is 0 Å². The molecule has 372 valence electrons. The van der Waals surface area contributed by atoms with Crippen LogP contribution in [0.15, 0.2) is 253 Å². The third kappa shape index (κ3) is 4.96. The van der Waals surface area contributed by atoms with Crippen LogP contribution in [0.3, 0.4) is 0 Å². The van der Waals surface area contributed by atoms with Gasteiger partial charge in [0, 0.05) is 65.4 Å². The van der Waals surface area contributed by atoms with Gasteiger partial charge in [-0.15, -0.1) is 0 Å². The normalized spacial score (nSPS) is 13.1. The summed E-state index contributed by atoms with van der Waals surface area (Å²) < 4.78 is 12.1. The Bertz CT molecular complexity index is 6200. The summed E-state index contributed by atoms with van der Waals surface area (Å²) in [7, 11) is 0. The molecule has 0 aliphatic carbocycles. The maximum atomic E-state index is 6.67. The molecule has 2 aliphatic rings. The molecule has 0 fully saturated rings. The average Bonchev–Trinajstić information content (AvgIpc) is 1.59. The van der Waals surface area contributed by atoms with Gasteiger partial charge in [0.25, 0.3) is 6.71 Å². The van der Waals surface area contributed by atoms with Crippen molar-refractivity contribution in [1.82, 2.24) is 9.13 Å². The van der Waals surface area contributed by atoms with Gasteiger partial charge in [-0.1, -0.05) is 206 Å². The molecule has 0 unspecified atom stereocenters. The molecule has 0 saturated carbocycles. The molecule has 4 heteroatoms. The van der Waals surface area contributed by atoms with Crippen LogP contribution in [-0.4, -0.2) is 15.8 Å². The van der Waals surface area contributed by atoms with E-state index in [0.29, 0.717) is 0 Å². The van der Waals surface area contributed by atoms with Gasteiger partial charge >= 0.3 is 0 Å². The number of para-hydroxylation sites is 1. The van der Waals surface area contributed by atoms with Crippen molar-refractivity contribution >= 4 is 186 Å². The monoisotopic (exact) mass is 1030 g/mol. The average molecular weight is 1030 g/mol. The number of furan rings is 1. The Morgan fingerprint density at radius 2 is 0.695 bits per heavy atom. The van der Waals surface area contributed by atoms with Gasteiger partial charge in [-0.2, -0.15) is 0 Å². The molecule has 82 heavy (non-hydrogen) atoms. The number of aromatic nitrogens is 2. The summed E-state index contributed by atoms with van der Waals surface area (Å²) in [5, 5.41) is 30.5. The molecule has 3 aromatic heterocycles. The van der Waals surface area contributed by atoms with E-state index in [1.165, 1.54) is 174 Å². The highest BCUT2D eigenvalue weighted by Gasteiger charge is 2.42. The van der Waals surface area contributed by atoms with Crippen molar-refractivity contribution in [2.45, 2.75) is 0 Å². The summed E-state index contributed by atoms with van der Waals surface area (Å²) in [5.41, 5.74) is 15.6. The molecule has 0 amide bonds. The molecule has 0 radical (unpaired) electrons. The zero-order valence-corrected chi connectivity index (χ0v) is 44.1. The second-order valence-corrected chi connectivity index (χ2v) is 23.2. The summed E-state index contributed by atoms with van der Waals surface area (Å²) in [6.45, 7) is -0.123. The predicted molar refractivity (Wildman–Crippen MR) is 350 cm³/mol. The molecule has 2 aliphatic heterocycles. The summed E-state index contributed by atoms with van der Waals surface area (Å²) in [5.74, 6) is 0. The Kier molecular flexibility index (Phi) is 7.61. The fourth-order valence-electron chi connectivity index (χ4n) is 16.5. The van der Waals surface area contributed by atoms with Crippen LogP contribution in [0.1, 0.15) is 0 Å². The number of nitrogens with zero attached hydrogens (tertiary/aromatic N) is 2. The van der Waals surface area contributed by atoms with Gasteiger partial charge in [0.15, 0.2) is 0 Å². The van der Waals surface area contributed by atoms with Gasteiger partial charge in [-0.25, -0.2) is 0 Å². The molecular formula is C78H41BN2O.